The van der Waals surface area contributed by atoms with Crippen molar-refractivity contribution in [1.82, 2.24) is 0 Å². The van der Waals surface area contributed by atoms with E-state index in [1.807, 2.05) is 6.92 Å². The Kier molecular flexibility index (Phi) is 3.97. The van der Waals surface area contributed by atoms with Crippen LogP contribution in [0.4, 0.5) is 0 Å². The van der Waals surface area contributed by atoms with E-state index in [-0.39, 0.29) is 10.8 Å². The third kappa shape index (κ3) is 2.63. The van der Waals surface area contributed by atoms with Crippen LogP contribution in [0.15, 0.2) is 12.1 Å². The summed E-state index contributed by atoms with van der Waals surface area (Å²) in [5, 5.41) is 9.81. The van der Waals surface area contributed by atoms with Crippen LogP contribution >= 0.6 is 11.6 Å². The first-order chi connectivity index (χ1) is 7.10. The van der Waals surface area contributed by atoms with E-state index in [1.165, 1.54) is 13.2 Å². The molecular weight excluding hydrogens is 216 g/mol. The number of rotatable bonds is 3. The fourth-order valence-corrected chi connectivity index (χ4v) is 1.59. The number of hydrogen-bond acceptors (Lipinski definition) is 3. The number of phenols is 1. The Morgan fingerprint density at radius 1 is 1.53 bits per heavy atom. The van der Waals surface area contributed by atoms with E-state index in [2.05, 4.69) is 4.74 Å². The zero-order valence-corrected chi connectivity index (χ0v) is 9.47. The third-order valence-electron chi connectivity index (χ3n) is 2.08. The molecule has 0 aromatic heterocycles. The fourth-order valence-electron chi connectivity index (χ4n) is 1.35. The Hall–Kier alpha value is -1.22. The molecule has 0 heterocycles. The second-order valence-electron chi connectivity index (χ2n) is 3.21. The van der Waals surface area contributed by atoms with Crippen molar-refractivity contribution in [2.24, 2.45) is 0 Å². The zero-order valence-electron chi connectivity index (χ0n) is 8.71. The number of carbonyl (C=O) groups excluding carboxylic acids is 1. The molecule has 15 heavy (non-hydrogen) atoms. The van der Waals surface area contributed by atoms with Gasteiger partial charge in [0.25, 0.3) is 0 Å². The maximum atomic E-state index is 11.3. The van der Waals surface area contributed by atoms with Crippen LogP contribution in [0.1, 0.15) is 29.3 Å². The number of esters is 1. The van der Waals surface area contributed by atoms with Crippen LogP contribution in [0.5, 0.6) is 5.75 Å². The Morgan fingerprint density at radius 3 is 2.73 bits per heavy atom. The molecule has 82 valence electrons. The normalized spacial score (nSPS) is 10.1. The van der Waals surface area contributed by atoms with Gasteiger partial charge < -0.3 is 9.84 Å². The molecule has 0 bridgehead atoms. The summed E-state index contributed by atoms with van der Waals surface area (Å²) in [6.07, 6.45) is 1.55. The monoisotopic (exact) mass is 228 g/mol. The van der Waals surface area contributed by atoms with E-state index in [9.17, 15) is 9.90 Å². The maximum absolute atomic E-state index is 11.3. The summed E-state index contributed by atoms with van der Waals surface area (Å²) in [6, 6.07) is 3.01. The number of methoxy groups -OCH3 is 1. The Balaban J connectivity index is 3.16. The van der Waals surface area contributed by atoms with Crippen LogP contribution in [0.3, 0.4) is 0 Å². The molecule has 1 rings (SSSR count). The molecule has 0 aliphatic heterocycles. The van der Waals surface area contributed by atoms with Crippen LogP contribution in [0, 0.1) is 0 Å². The van der Waals surface area contributed by atoms with Crippen molar-refractivity contribution >= 4 is 17.6 Å². The number of benzene rings is 1. The number of ether oxygens (including phenoxy) is 1. The molecule has 3 nitrogen and oxygen atoms in total. The lowest BCUT2D eigenvalue weighted by Gasteiger charge is -2.07. The van der Waals surface area contributed by atoms with E-state index in [1.54, 1.807) is 6.07 Å². The first-order valence-electron chi connectivity index (χ1n) is 4.69. The summed E-state index contributed by atoms with van der Waals surface area (Å²) in [6.45, 7) is 1.98. The minimum Gasteiger partial charge on any atom is -0.506 e. The quantitative estimate of drug-likeness (QED) is 0.810. The van der Waals surface area contributed by atoms with Gasteiger partial charge in [0.15, 0.2) is 0 Å². The molecule has 0 saturated heterocycles. The highest BCUT2D eigenvalue weighted by Crippen LogP contribution is 2.30. The highest BCUT2D eigenvalue weighted by molar-refractivity contribution is 6.32. The number of carbonyl (C=O) groups is 1. The molecular formula is C11H13ClO3. The molecule has 0 fully saturated rings. The van der Waals surface area contributed by atoms with Crippen LogP contribution in [-0.2, 0) is 11.2 Å². The standard InChI is InChI=1S/C11H13ClO3/c1-3-4-7-5-8(11(14)15-2)6-9(12)10(7)13/h5-6,13H,3-4H2,1-2H3. The highest BCUT2D eigenvalue weighted by Gasteiger charge is 2.12. The summed E-state index contributed by atoms with van der Waals surface area (Å²) in [4.78, 5) is 11.3. The van der Waals surface area contributed by atoms with Gasteiger partial charge in [0.2, 0.25) is 0 Å². The van der Waals surface area contributed by atoms with Gasteiger partial charge >= 0.3 is 5.97 Å². The molecule has 0 amide bonds. The number of aryl methyl sites for hydroxylation is 1. The van der Waals surface area contributed by atoms with E-state index < -0.39 is 5.97 Å². The lowest BCUT2D eigenvalue weighted by Crippen LogP contribution is -2.02. The lowest BCUT2D eigenvalue weighted by atomic mass is 10.1. The second kappa shape index (κ2) is 5.03. The van der Waals surface area contributed by atoms with Gasteiger partial charge in [-0.2, -0.15) is 0 Å². The van der Waals surface area contributed by atoms with Gasteiger partial charge in [-0.3, -0.25) is 0 Å². The van der Waals surface area contributed by atoms with Crippen LogP contribution in [0.2, 0.25) is 5.02 Å². The summed E-state index contributed by atoms with van der Waals surface area (Å²) < 4.78 is 4.59. The minimum atomic E-state index is -0.450. The van der Waals surface area contributed by atoms with Gasteiger partial charge in [0.05, 0.1) is 17.7 Å². The first kappa shape index (κ1) is 11.9. The lowest BCUT2D eigenvalue weighted by molar-refractivity contribution is 0.0600. The molecule has 0 saturated carbocycles. The molecule has 0 radical (unpaired) electrons. The fraction of sp³-hybridized carbons (Fsp3) is 0.364. The Labute approximate surface area is 93.6 Å². The number of halogens is 1. The van der Waals surface area contributed by atoms with Crippen molar-refractivity contribution < 1.29 is 14.6 Å². The predicted molar refractivity (Wildman–Crippen MR) is 58.5 cm³/mol. The SMILES string of the molecule is CCCc1cc(C(=O)OC)cc(Cl)c1O. The van der Waals surface area contributed by atoms with Crippen LogP contribution < -0.4 is 0 Å². The maximum Gasteiger partial charge on any atom is 0.337 e. The topological polar surface area (TPSA) is 46.5 Å². The largest absolute Gasteiger partial charge is 0.506 e. The Bertz CT molecular complexity index is 374. The number of phenolic OH excluding ortho intramolecular Hbond substituents is 1. The summed E-state index contributed by atoms with van der Waals surface area (Å²) >= 11 is 5.80. The minimum absolute atomic E-state index is 0.0474. The molecule has 1 aromatic rings. The van der Waals surface area contributed by atoms with Crippen molar-refractivity contribution in [3.05, 3.63) is 28.3 Å². The highest BCUT2D eigenvalue weighted by atomic mass is 35.5. The van der Waals surface area contributed by atoms with Gasteiger partial charge in [0.1, 0.15) is 5.75 Å². The smallest absolute Gasteiger partial charge is 0.337 e. The third-order valence-corrected chi connectivity index (χ3v) is 2.37. The molecule has 0 atom stereocenters. The molecule has 1 aromatic carbocycles. The number of hydrogen-bond donors (Lipinski definition) is 1. The number of aromatic hydroxyl groups is 1. The van der Waals surface area contributed by atoms with Crippen molar-refractivity contribution in [3.63, 3.8) is 0 Å². The summed E-state index contributed by atoms with van der Waals surface area (Å²) in [5.74, 6) is -0.402. The van der Waals surface area contributed by atoms with Crippen LogP contribution in [0.25, 0.3) is 0 Å². The molecule has 0 unspecified atom stereocenters. The van der Waals surface area contributed by atoms with E-state index in [4.69, 9.17) is 11.6 Å². The molecule has 0 aliphatic carbocycles. The summed E-state index contributed by atoms with van der Waals surface area (Å²) in [7, 11) is 1.31. The van der Waals surface area contributed by atoms with Crippen molar-refractivity contribution in [2.45, 2.75) is 19.8 Å². The van der Waals surface area contributed by atoms with Crippen molar-refractivity contribution in [1.29, 1.82) is 0 Å². The van der Waals surface area contributed by atoms with Gasteiger partial charge in [0, 0.05) is 0 Å². The molecule has 0 spiro atoms. The first-order valence-corrected chi connectivity index (χ1v) is 5.07. The van der Waals surface area contributed by atoms with E-state index in [0.29, 0.717) is 17.5 Å². The Morgan fingerprint density at radius 2 is 2.20 bits per heavy atom. The molecule has 0 aliphatic rings. The van der Waals surface area contributed by atoms with Gasteiger partial charge in [-0.05, 0) is 24.1 Å². The van der Waals surface area contributed by atoms with Gasteiger partial charge in [-0.25, -0.2) is 4.79 Å². The van der Waals surface area contributed by atoms with E-state index >= 15 is 0 Å². The summed E-state index contributed by atoms with van der Waals surface area (Å²) in [5.41, 5.74) is 1.04. The van der Waals surface area contributed by atoms with Crippen molar-refractivity contribution in [3.8, 4) is 5.75 Å². The second-order valence-corrected chi connectivity index (χ2v) is 3.61. The molecule has 4 heteroatoms. The van der Waals surface area contributed by atoms with E-state index in [0.717, 1.165) is 6.42 Å². The molecule has 1 N–H and O–H groups in total. The van der Waals surface area contributed by atoms with Gasteiger partial charge in [-0.1, -0.05) is 24.9 Å². The van der Waals surface area contributed by atoms with Crippen LogP contribution in [-0.4, -0.2) is 18.2 Å². The van der Waals surface area contributed by atoms with Gasteiger partial charge in [-0.15, -0.1) is 0 Å². The van der Waals surface area contributed by atoms with Crippen molar-refractivity contribution in [2.75, 3.05) is 7.11 Å². The zero-order chi connectivity index (χ0) is 11.4. The average Bonchev–Trinajstić information content (AvgIpc) is 2.23. The predicted octanol–water partition coefficient (Wildman–Crippen LogP) is 2.78. The average molecular weight is 229 g/mol.